The number of piperidine rings is 1. The number of rotatable bonds is 7. The normalized spacial score (nSPS) is 19.6. The van der Waals surface area contributed by atoms with Crippen LogP contribution in [0.2, 0.25) is 0 Å². The highest BCUT2D eigenvalue weighted by Crippen LogP contribution is 2.34. The number of hydrogen-bond donors (Lipinski definition) is 1. The lowest BCUT2D eigenvalue weighted by atomic mass is 9.90. The molecule has 1 saturated heterocycles. The van der Waals surface area contributed by atoms with Gasteiger partial charge in [-0.25, -0.2) is 0 Å². The molecule has 6 heteroatoms. The van der Waals surface area contributed by atoms with E-state index in [0.29, 0.717) is 23.0 Å². The Labute approximate surface area is 149 Å². The van der Waals surface area contributed by atoms with Gasteiger partial charge >= 0.3 is 0 Å². The summed E-state index contributed by atoms with van der Waals surface area (Å²) < 4.78 is 11.4. The molecule has 1 saturated carbocycles. The molecule has 0 bridgehead atoms. The minimum atomic E-state index is -0.0963. The van der Waals surface area contributed by atoms with Gasteiger partial charge in [0, 0.05) is 5.39 Å². The summed E-state index contributed by atoms with van der Waals surface area (Å²) >= 11 is 0. The van der Waals surface area contributed by atoms with Crippen molar-refractivity contribution in [1.29, 1.82) is 0 Å². The maximum atomic E-state index is 9.78. The van der Waals surface area contributed by atoms with Crippen molar-refractivity contribution in [2.45, 2.75) is 45.1 Å². The van der Waals surface area contributed by atoms with Crippen LogP contribution in [-0.4, -0.2) is 42.8 Å². The fraction of sp³-hybridized carbons (Fsp3) is 0.632. The van der Waals surface area contributed by atoms with Gasteiger partial charge in [-0.15, -0.1) is 0 Å². The van der Waals surface area contributed by atoms with Crippen molar-refractivity contribution in [3.63, 3.8) is 0 Å². The molecule has 2 fully saturated rings. The van der Waals surface area contributed by atoms with E-state index in [0.717, 1.165) is 62.2 Å². The number of aromatic nitrogens is 1. The largest absolute Gasteiger partial charge is 0.493 e. The van der Waals surface area contributed by atoms with E-state index >= 15 is 0 Å². The number of aryl methyl sites for hydroxylation is 1. The van der Waals surface area contributed by atoms with E-state index in [9.17, 15) is 5.11 Å². The van der Waals surface area contributed by atoms with Crippen LogP contribution in [0.1, 0.15) is 43.4 Å². The average molecular weight is 340 g/mol. The molecule has 0 spiro atoms. The molecular formula is C19H25BN2O3. The van der Waals surface area contributed by atoms with Gasteiger partial charge in [-0.3, -0.25) is 0 Å². The number of benzene rings is 1. The summed E-state index contributed by atoms with van der Waals surface area (Å²) in [6.07, 6.45) is 6.78. The second-order valence-electron chi connectivity index (χ2n) is 7.48. The summed E-state index contributed by atoms with van der Waals surface area (Å²) in [6, 6.07) is 3.97. The molecule has 1 N–H and O–H groups in total. The minimum Gasteiger partial charge on any atom is -0.493 e. The average Bonchev–Trinajstić information content (AvgIpc) is 3.38. The number of fused-ring (bicyclic) bond motifs is 1. The number of aliphatic hydroxyl groups is 1. The zero-order chi connectivity index (χ0) is 17.2. The third-order valence-corrected chi connectivity index (χ3v) is 5.54. The van der Waals surface area contributed by atoms with Crippen LogP contribution in [0, 0.1) is 11.8 Å². The predicted molar refractivity (Wildman–Crippen MR) is 96.5 cm³/mol. The highest BCUT2D eigenvalue weighted by molar-refractivity contribution is 6.04. The Hall–Kier alpha value is -1.53. The molecule has 1 aromatic carbocycles. The van der Waals surface area contributed by atoms with Gasteiger partial charge in [0.15, 0.2) is 13.6 Å². The molecule has 1 aliphatic heterocycles. The topological polar surface area (TPSA) is 58.7 Å². The van der Waals surface area contributed by atoms with Gasteiger partial charge in [0.05, 0.1) is 24.5 Å². The molecule has 2 radical (unpaired) electrons. The van der Waals surface area contributed by atoms with E-state index in [2.05, 4.69) is 5.16 Å². The van der Waals surface area contributed by atoms with Crippen LogP contribution in [0.4, 0.5) is 0 Å². The first kappa shape index (κ1) is 16.9. The van der Waals surface area contributed by atoms with Crippen LogP contribution >= 0.6 is 0 Å². The van der Waals surface area contributed by atoms with Crippen molar-refractivity contribution in [2.24, 2.45) is 11.8 Å². The Morgan fingerprint density at radius 2 is 2.00 bits per heavy atom. The highest BCUT2D eigenvalue weighted by atomic mass is 16.5. The molecule has 25 heavy (non-hydrogen) atoms. The Kier molecular flexibility index (Phi) is 4.99. The van der Waals surface area contributed by atoms with Crippen LogP contribution < -0.4 is 4.74 Å². The molecule has 132 valence electrons. The van der Waals surface area contributed by atoms with E-state index < -0.39 is 0 Å². The second kappa shape index (κ2) is 7.38. The van der Waals surface area contributed by atoms with Gasteiger partial charge in [0.25, 0.3) is 0 Å². The van der Waals surface area contributed by atoms with Crippen molar-refractivity contribution in [1.82, 2.24) is 9.97 Å². The van der Waals surface area contributed by atoms with E-state index in [1.54, 1.807) is 0 Å². The molecule has 0 unspecified atom stereocenters. The van der Waals surface area contributed by atoms with Crippen LogP contribution in [0.25, 0.3) is 11.0 Å². The number of aliphatic hydroxyl groups excluding tert-OH is 1. The van der Waals surface area contributed by atoms with Gasteiger partial charge in [0.2, 0.25) is 0 Å². The maximum absolute atomic E-state index is 9.78. The van der Waals surface area contributed by atoms with E-state index in [-0.39, 0.29) is 6.61 Å². The third kappa shape index (κ3) is 3.85. The second-order valence-corrected chi connectivity index (χ2v) is 7.48. The lowest BCUT2D eigenvalue weighted by Gasteiger charge is -2.29. The first-order chi connectivity index (χ1) is 12.2. The lowest BCUT2D eigenvalue weighted by molar-refractivity contribution is 0.257. The highest BCUT2D eigenvalue weighted by Gasteiger charge is 2.24. The molecule has 0 amide bonds. The summed E-state index contributed by atoms with van der Waals surface area (Å²) in [7, 11) is 5.83. The molecule has 4 rings (SSSR count). The monoisotopic (exact) mass is 340 g/mol. The van der Waals surface area contributed by atoms with Crippen molar-refractivity contribution in [2.75, 3.05) is 19.7 Å². The first-order valence-corrected chi connectivity index (χ1v) is 9.38. The molecule has 1 aliphatic carbocycles. The Balaban J connectivity index is 1.46. The van der Waals surface area contributed by atoms with Crippen molar-refractivity contribution < 1.29 is 14.4 Å². The summed E-state index contributed by atoms with van der Waals surface area (Å²) in [5.74, 6) is 2.09. The molecule has 2 aliphatic rings. The molecule has 0 atom stereocenters. The Morgan fingerprint density at radius 1 is 1.20 bits per heavy atom. The summed E-state index contributed by atoms with van der Waals surface area (Å²) in [5, 5.41) is 15.1. The molecular weight excluding hydrogens is 315 g/mol. The Morgan fingerprint density at radius 3 is 2.72 bits per heavy atom. The predicted octanol–water partition coefficient (Wildman–Crippen LogP) is 2.84. The number of ether oxygens (including phenoxy) is 1. The summed E-state index contributed by atoms with van der Waals surface area (Å²) in [5.41, 5.74) is 2.37. The van der Waals surface area contributed by atoms with Gasteiger partial charge < -0.3 is 19.2 Å². The smallest absolute Gasteiger partial charge is 0.182 e. The quantitative estimate of drug-likeness (QED) is 0.786. The zero-order valence-corrected chi connectivity index (χ0v) is 14.6. The van der Waals surface area contributed by atoms with Crippen LogP contribution in [0.3, 0.4) is 0 Å². The van der Waals surface area contributed by atoms with Crippen molar-refractivity contribution >= 4 is 19.0 Å². The van der Waals surface area contributed by atoms with Gasteiger partial charge in [-0.05, 0) is 75.6 Å². The molecule has 1 aromatic heterocycles. The summed E-state index contributed by atoms with van der Waals surface area (Å²) in [4.78, 5) is 1.90. The van der Waals surface area contributed by atoms with Crippen LogP contribution in [0.5, 0.6) is 5.75 Å². The SMILES string of the molecule is [B]N1CCC(CCc2noc3c(CO)c(OCC4CC4)ccc23)CC1. The fourth-order valence-corrected chi connectivity index (χ4v) is 3.63. The standard InChI is InChI=1S/C19H25BN2O3/c20-22-9-7-13(8-10-22)3-5-17-15-4-6-18(24-12-14-1-2-14)16(11-23)19(15)25-21-17/h4,6,13-14,23H,1-3,5,7-12H2. The minimum absolute atomic E-state index is 0.0963. The fourth-order valence-electron chi connectivity index (χ4n) is 3.63. The van der Waals surface area contributed by atoms with E-state index in [1.807, 2.05) is 16.9 Å². The Bertz CT molecular complexity index is 721. The molecule has 5 nitrogen and oxygen atoms in total. The van der Waals surface area contributed by atoms with Gasteiger partial charge in [-0.2, -0.15) is 0 Å². The van der Waals surface area contributed by atoms with Gasteiger partial charge in [-0.1, -0.05) is 5.16 Å². The van der Waals surface area contributed by atoms with Crippen molar-refractivity contribution in [3.05, 3.63) is 23.4 Å². The first-order valence-electron chi connectivity index (χ1n) is 9.38. The number of hydrogen-bond acceptors (Lipinski definition) is 5. The molecule has 2 heterocycles. The third-order valence-electron chi connectivity index (χ3n) is 5.54. The van der Waals surface area contributed by atoms with E-state index in [1.165, 1.54) is 12.8 Å². The van der Waals surface area contributed by atoms with Gasteiger partial charge in [0.1, 0.15) is 5.75 Å². The van der Waals surface area contributed by atoms with Crippen LogP contribution in [0.15, 0.2) is 16.7 Å². The van der Waals surface area contributed by atoms with Crippen molar-refractivity contribution in [3.8, 4) is 5.75 Å². The molecule has 2 aromatic rings. The number of nitrogens with zero attached hydrogens (tertiary/aromatic N) is 2. The van der Waals surface area contributed by atoms with Crippen LogP contribution in [-0.2, 0) is 13.0 Å². The van der Waals surface area contributed by atoms with E-state index in [4.69, 9.17) is 17.2 Å². The zero-order valence-electron chi connectivity index (χ0n) is 14.6. The maximum Gasteiger partial charge on any atom is 0.182 e. The lowest BCUT2D eigenvalue weighted by Crippen LogP contribution is -2.31. The summed E-state index contributed by atoms with van der Waals surface area (Å²) in [6.45, 7) is 2.57.